The summed E-state index contributed by atoms with van der Waals surface area (Å²) in [5.41, 5.74) is 6.98. The molecule has 2 aromatic rings. The minimum Gasteiger partial charge on any atom is -0.366 e. The number of hydrogen-bond donors (Lipinski definition) is 2. The van der Waals surface area contributed by atoms with Crippen molar-refractivity contribution < 1.29 is 18.0 Å². The number of rotatable bonds is 6. The Bertz CT molecular complexity index is 875. The second-order valence-corrected chi connectivity index (χ2v) is 7.61. The molecule has 8 heteroatoms. The summed E-state index contributed by atoms with van der Waals surface area (Å²) in [5, 5.41) is 2.64. The molecule has 0 radical (unpaired) electrons. The second-order valence-electron chi connectivity index (χ2n) is 5.56. The van der Waals surface area contributed by atoms with Crippen LogP contribution in [0.1, 0.15) is 15.9 Å². The maximum absolute atomic E-state index is 12.5. The van der Waals surface area contributed by atoms with E-state index in [9.17, 15) is 18.0 Å². The number of carbonyl (C=O) groups excluding carboxylic acids is 2. The largest absolute Gasteiger partial charge is 0.366 e. The summed E-state index contributed by atoms with van der Waals surface area (Å²) < 4.78 is 25.9. The third-order valence-electron chi connectivity index (χ3n) is 3.55. The summed E-state index contributed by atoms with van der Waals surface area (Å²) in [5.74, 6) is -1.10. The molecule has 0 bridgehead atoms. The SMILES string of the molecule is Cc1ccc(NC(=O)CN(C)S(=O)(=O)c2ccc(C(N)=O)cc2)cc1. The van der Waals surface area contributed by atoms with Crippen LogP contribution >= 0.6 is 0 Å². The van der Waals surface area contributed by atoms with E-state index in [1.165, 1.54) is 31.3 Å². The zero-order valence-electron chi connectivity index (χ0n) is 13.9. The number of hydrogen-bond acceptors (Lipinski definition) is 4. The van der Waals surface area contributed by atoms with Gasteiger partial charge in [0.2, 0.25) is 21.8 Å². The van der Waals surface area contributed by atoms with Crippen LogP contribution in [0.3, 0.4) is 0 Å². The van der Waals surface area contributed by atoms with Crippen LogP contribution in [0.25, 0.3) is 0 Å². The van der Waals surface area contributed by atoms with Crippen LogP contribution in [0.4, 0.5) is 5.69 Å². The molecule has 0 saturated carbocycles. The van der Waals surface area contributed by atoms with Gasteiger partial charge in [-0.15, -0.1) is 0 Å². The van der Waals surface area contributed by atoms with Crippen molar-refractivity contribution in [3.8, 4) is 0 Å². The summed E-state index contributed by atoms with van der Waals surface area (Å²) in [6.07, 6.45) is 0. The summed E-state index contributed by atoms with van der Waals surface area (Å²) >= 11 is 0. The highest BCUT2D eigenvalue weighted by Crippen LogP contribution is 2.15. The Balaban J connectivity index is 2.07. The van der Waals surface area contributed by atoms with Crippen molar-refractivity contribution >= 4 is 27.5 Å². The molecule has 2 rings (SSSR count). The molecule has 0 saturated heterocycles. The van der Waals surface area contributed by atoms with E-state index >= 15 is 0 Å². The van der Waals surface area contributed by atoms with Gasteiger partial charge in [-0.2, -0.15) is 4.31 Å². The average molecular weight is 361 g/mol. The van der Waals surface area contributed by atoms with Gasteiger partial charge < -0.3 is 11.1 Å². The van der Waals surface area contributed by atoms with E-state index in [1.807, 2.05) is 19.1 Å². The van der Waals surface area contributed by atoms with Crippen molar-refractivity contribution in [3.63, 3.8) is 0 Å². The Labute approximate surface area is 146 Å². The first kappa shape index (κ1) is 18.6. The number of sulfonamides is 1. The standard InChI is InChI=1S/C17H19N3O4S/c1-12-3-7-14(8-4-12)19-16(21)11-20(2)25(23,24)15-9-5-13(6-10-15)17(18)22/h3-10H,11H2,1-2H3,(H2,18,22)(H,19,21). The molecular weight excluding hydrogens is 342 g/mol. The Morgan fingerprint density at radius 1 is 1.04 bits per heavy atom. The second kappa shape index (κ2) is 7.45. The van der Waals surface area contributed by atoms with Gasteiger partial charge in [0.1, 0.15) is 0 Å². The number of carbonyl (C=O) groups is 2. The minimum absolute atomic E-state index is 0.0249. The van der Waals surface area contributed by atoms with Gasteiger partial charge in [0.05, 0.1) is 11.4 Å². The number of primary amides is 1. The van der Waals surface area contributed by atoms with Gasteiger partial charge in [0, 0.05) is 18.3 Å². The van der Waals surface area contributed by atoms with E-state index < -0.39 is 21.8 Å². The quantitative estimate of drug-likeness (QED) is 0.809. The molecule has 0 unspecified atom stereocenters. The van der Waals surface area contributed by atoms with Crippen molar-refractivity contribution in [2.75, 3.05) is 18.9 Å². The molecule has 0 aromatic heterocycles. The highest BCUT2D eigenvalue weighted by molar-refractivity contribution is 7.89. The highest BCUT2D eigenvalue weighted by Gasteiger charge is 2.23. The van der Waals surface area contributed by atoms with Crippen LogP contribution < -0.4 is 11.1 Å². The summed E-state index contributed by atoms with van der Waals surface area (Å²) in [6.45, 7) is 1.59. The van der Waals surface area contributed by atoms with Crippen molar-refractivity contribution in [2.24, 2.45) is 5.73 Å². The Morgan fingerprint density at radius 2 is 1.60 bits per heavy atom. The summed E-state index contributed by atoms with van der Waals surface area (Å²) in [4.78, 5) is 23.1. The normalized spacial score (nSPS) is 11.3. The van der Waals surface area contributed by atoms with Crippen molar-refractivity contribution in [2.45, 2.75) is 11.8 Å². The lowest BCUT2D eigenvalue weighted by molar-refractivity contribution is -0.116. The number of nitrogens with zero attached hydrogens (tertiary/aromatic N) is 1. The lowest BCUT2D eigenvalue weighted by Gasteiger charge is -2.17. The van der Waals surface area contributed by atoms with E-state index in [4.69, 9.17) is 5.73 Å². The number of benzene rings is 2. The zero-order chi connectivity index (χ0) is 18.6. The molecule has 0 fully saturated rings. The molecule has 0 aliphatic heterocycles. The van der Waals surface area contributed by atoms with Gasteiger partial charge in [-0.05, 0) is 43.3 Å². The molecule has 0 aliphatic rings. The lowest BCUT2D eigenvalue weighted by Crippen LogP contribution is -2.35. The molecule has 0 atom stereocenters. The average Bonchev–Trinajstić information content (AvgIpc) is 2.57. The number of anilines is 1. The lowest BCUT2D eigenvalue weighted by atomic mass is 10.2. The number of aryl methyl sites for hydroxylation is 1. The first-order valence-corrected chi connectivity index (χ1v) is 8.87. The van der Waals surface area contributed by atoms with Crippen LogP contribution in [-0.2, 0) is 14.8 Å². The third-order valence-corrected chi connectivity index (χ3v) is 5.37. The molecule has 2 amide bonds. The fourth-order valence-electron chi connectivity index (χ4n) is 2.10. The van der Waals surface area contributed by atoms with E-state index in [2.05, 4.69) is 5.32 Å². The fraction of sp³-hybridized carbons (Fsp3) is 0.176. The highest BCUT2D eigenvalue weighted by atomic mass is 32.2. The van der Waals surface area contributed by atoms with Gasteiger partial charge in [-0.3, -0.25) is 9.59 Å². The Kier molecular flexibility index (Phi) is 5.55. The first-order chi connectivity index (χ1) is 11.7. The first-order valence-electron chi connectivity index (χ1n) is 7.43. The van der Waals surface area contributed by atoms with E-state index in [1.54, 1.807) is 12.1 Å². The molecule has 3 N–H and O–H groups in total. The Hall–Kier alpha value is -2.71. The number of nitrogens with two attached hydrogens (primary N) is 1. The van der Waals surface area contributed by atoms with E-state index in [-0.39, 0.29) is 17.0 Å². The van der Waals surface area contributed by atoms with Crippen molar-refractivity contribution in [3.05, 3.63) is 59.7 Å². The minimum atomic E-state index is -3.86. The number of amides is 2. The topological polar surface area (TPSA) is 110 Å². The van der Waals surface area contributed by atoms with Crippen LogP contribution in [0.2, 0.25) is 0 Å². The van der Waals surface area contributed by atoms with Crippen LogP contribution in [-0.4, -0.2) is 38.1 Å². The van der Waals surface area contributed by atoms with Crippen molar-refractivity contribution in [1.29, 1.82) is 0 Å². The number of nitrogens with one attached hydrogen (secondary N) is 1. The molecular formula is C17H19N3O4S. The monoisotopic (exact) mass is 361 g/mol. The molecule has 132 valence electrons. The summed E-state index contributed by atoms with van der Waals surface area (Å²) in [7, 11) is -2.54. The van der Waals surface area contributed by atoms with Crippen LogP contribution in [0.5, 0.6) is 0 Å². The van der Waals surface area contributed by atoms with E-state index in [0.717, 1.165) is 9.87 Å². The molecule has 25 heavy (non-hydrogen) atoms. The molecule has 2 aromatic carbocycles. The van der Waals surface area contributed by atoms with E-state index in [0.29, 0.717) is 5.69 Å². The maximum Gasteiger partial charge on any atom is 0.248 e. The van der Waals surface area contributed by atoms with Gasteiger partial charge in [0.15, 0.2) is 0 Å². The molecule has 0 aliphatic carbocycles. The molecule has 0 heterocycles. The predicted octanol–water partition coefficient (Wildman–Crippen LogP) is 1.35. The van der Waals surface area contributed by atoms with Gasteiger partial charge in [-0.1, -0.05) is 17.7 Å². The number of likely N-dealkylation sites (N-methyl/N-ethyl adjacent to an activating group) is 1. The molecule has 0 spiro atoms. The third kappa shape index (κ3) is 4.65. The smallest absolute Gasteiger partial charge is 0.248 e. The van der Waals surface area contributed by atoms with Crippen LogP contribution in [0, 0.1) is 6.92 Å². The fourth-order valence-corrected chi connectivity index (χ4v) is 3.22. The zero-order valence-corrected chi connectivity index (χ0v) is 14.7. The van der Waals surface area contributed by atoms with Crippen molar-refractivity contribution in [1.82, 2.24) is 4.31 Å². The predicted molar refractivity (Wildman–Crippen MR) is 94.6 cm³/mol. The van der Waals surface area contributed by atoms with Gasteiger partial charge >= 0.3 is 0 Å². The summed E-state index contributed by atoms with van der Waals surface area (Å²) in [6, 6.07) is 12.4. The molecule has 7 nitrogen and oxygen atoms in total. The van der Waals surface area contributed by atoms with Crippen LogP contribution in [0.15, 0.2) is 53.4 Å². The van der Waals surface area contributed by atoms with Gasteiger partial charge in [0.25, 0.3) is 0 Å². The maximum atomic E-state index is 12.5. The Morgan fingerprint density at radius 3 is 2.12 bits per heavy atom. The van der Waals surface area contributed by atoms with Gasteiger partial charge in [-0.25, -0.2) is 8.42 Å².